The molecule has 21 heavy (non-hydrogen) atoms. The van der Waals surface area contributed by atoms with E-state index in [4.69, 9.17) is 4.74 Å². The maximum Gasteiger partial charge on any atom is 0.241 e. The molecule has 2 aliphatic heterocycles. The summed E-state index contributed by atoms with van der Waals surface area (Å²) < 4.78 is 5.80. The van der Waals surface area contributed by atoms with Crippen molar-refractivity contribution in [1.29, 1.82) is 0 Å². The Morgan fingerprint density at radius 2 is 2.05 bits per heavy atom. The van der Waals surface area contributed by atoms with E-state index in [2.05, 4.69) is 24.1 Å². The number of carbonyl (C=O) groups excluding carboxylic acids is 1. The molecule has 1 amide bonds. The first-order valence-corrected chi connectivity index (χ1v) is 8.94. The highest BCUT2D eigenvalue weighted by Gasteiger charge is 2.37. The quantitative estimate of drug-likeness (QED) is 0.748. The first-order chi connectivity index (χ1) is 10.3. The van der Waals surface area contributed by atoms with Gasteiger partial charge in [-0.1, -0.05) is 33.1 Å². The Labute approximate surface area is 129 Å². The van der Waals surface area contributed by atoms with E-state index < -0.39 is 0 Å². The number of nitrogens with one attached hydrogen (secondary N) is 1. The Morgan fingerprint density at radius 1 is 1.19 bits per heavy atom. The molecule has 0 aromatic rings. The van der Waals surface area contributed by atoms with Crippen LogP contribution in [-0.4, -0.2) is 42.3 Å². The molecule has 0 bridgehead atoms. The molecule has 0 aromatic heterocycles. The number of ether oxygens (including phenoxy) is 1. The Bertz CT molecular complexity index is 316. The number of amides is 1. The fourth-order valence-electron chi connectivity index (χ4n) is 3.46. The zero-order valence-electron chi connectivity index (χ0n) is 13.8. The molecule has 0 aliphatic carbocycles. The van der Waals surface area contributed by atoms with E-state index in [1.165, 1.54) is 12.8 Å². The summed E-state index contributed by atoms with van der Waals surface area (Å²) in [6, 6.07) is 0.0498. The zero-order valence-corrected chi connectivity index (χ0v) is 13.8. The SMILES string of the molecule is CCCCC1NC(CCC)N(CCC2CCCCO2)C1=O. The highest BCUT2D eigenvalue weighted by molar-refractivity contribution is 5.84. The maximum absolute atomic E-state index is 12.6. The molecular formula is C17H32N2O2. The highest BCUT2D eigenvalue weighted by Crippen LogP contribution is 2.22. The van der Waals surface area contributed by atoms with Gasteiger partial charge < -0.3 is 9.64 Å². The first kappa shape index (κ1) is 16.8. The van der Waals surface area contributed by atoms with Gasteiger partial charge in [0.15, 0.2) is 0 Å². The molecule has 0 aromatic carbocycles. The normalized spacial score (nSPS) is 30.1. The van der Waals surface area contributed by atoms with Crippen LogP contribution in [-0.2, 0) is 9.53 Å². The minimum atomic E-state index is 0.0498. The van der Waals surface area contributed by atoms with Gasteiger partial charge in [-0.05, 0) is 38.5 Å². The van der Waals surface area contributed by atoms with Crippen molar-refractivity contribution < 1.29 is 9.53 Å². The van der Waals surface area contributed by atoms with Gasteiger partial charge in [0, 0.05) is 13.2 Å². The molecule has 0 saturated carbocycles. The third kappa shape index (κ3) is 4.68. The van der Waals surface area contributed by atoms with Crippen LogP contribution < -0.4 is 5.32 Å². The number of hydrogen-bond acceptors (Lipinski definition) is 3. The van der Waals surface area contributed by atoms with Crippen LogP contribution in [0.25, 0.3) is 0 Å². The van der Waals surface area contributed by atoms with Gasteiger partial charge in [0.1, 0.15) is 0 Å². The average Bonchev–Trinajstić information content (AvgIpc) is 2.80. The molecule has 2 rings (SSSR count). The first-order valence-electron chi connectivity index (χ1n) is 8.94. The second kappa shape index (κ2) is 8.74. The highest BCUT2D eigenvalue weighted by atomic mass is 16.5. The zero-order chi connectivity index (χ0) is 15.1. The van der Waals surface area contributed by atoms with Crippen molar-refractivity contribution in [3.63, 3.8) is 0 Å². The van der Waals surface area contributed by atoms with E-state index in [0.717, 1.165) is 58.1 Å². The number of nitrogens with zero attached hydrogens (tertiary/aromatic N) is 1. The topological polar surface area (TPSA) is 41.6 Å². The van der Waals surface area contributed by atoms with Gasteiger partial charge in [-0.15, -0.1) is 0 Å². The van der Waals surface area contributed by atoms with Crippen LogP contribution in [0, 0.1) is 0 Å². The Morgan fingerprint density at radius 3 is 2.71 bits per heavy atom. The predicted octanol–water partition coefficient (Wildman–Crippen LogP) is 3.06. The molecule has 0 radical (unpaired) electrons. The molecule has 3 unspecified atom stereocenters. The summed E-state index contributed by atoms with van der Waals surface area (Å²) in [6.45, 7) is 6.12. The third-order valence-electron chi connectivity index (χ3n) is 4.73. The van der Waals surface area contributed by atoms with Crippen molar-refractivity contribution in [1.82, 2.24) is 10.2 Å². The lowest BCUT2D eigenvalue weighted by Gasteiger charge is -2.28. The lowest BCUT2D eigenvalue weighted by Crippen LogP contribution is -2.39. The summed E-state index contributed by atoms with van der Waals surface area (Å²) in [5.74, 6) is 0.317. The van der Waals surface area contributed by atoms with Crippen LogP contribution in [0.15, 0.2) is 0 Å². The minimum Gasteiger partial charge on any atom is -0.378 e. The van der Waals surface area contributed by atoms with Crippen molar-refractivity contribution >= 4 is 5.91 Å². The lowest BCUT2D eigenvalue weighted by atomic mass is 10.1. The maximum atomic E-state index is 12.6. The van der Waals surface area contributed by atoms with Crippen molar-refractivity contribution in [2.75, 3.05) is 13.2 Å². The Hall–Kier alpha value is -0.610. The van der Waals surface area contributed by atoms with Gasteiger partial charge in [0.2, 0.25) is 5.91 Å². The number of hydrogen-bond donors (Lipinski definition) is 1. The second-order valence-electron chi connectivity index (χ2n) is 6.47. The fraction of sp³-hybridized carbons (Fsp3) is 0.941. The third-order valence-corrected chi connectivity index (χ3v) is 4.73. The second-order valence-corrected chi connectivity index (χ2v) is 6.47. The van der Waals surface area contributed by atoms with Crippen LogP contribution in [0.3, 0.4) is 0 Å². The minimum absolute atomic E-state index is 0.0498. The fourth-order valence-corrected chi connectivity index (χ4v) is 3.46. The van der Waals surface area contributed by atoms with Gasteiger partial charge >= 0.3 is 0 Å². The number of rotatable bonds is 8. The molecule has 2 aliphatic rings. The standard InChI is InChI=1S/C17H32N2O2/c1-3-5-10-15-17(20)19(16(18-15)8-4-2)12-11-14-9-6-7-13-21-14/h14-16,18H,3-13H2,1-2H3. The summed E-state index contributed by atoms with van der Waals surface area (Å²) in [6.07, 6.45) is 10.7. The monoisotopic (exact) mass is 296 g/mol. The van der Waals surface area contributed by atoms with E-state index in [1.807, 2.05) is 0 Å². The summed E-state index contributed by atoms with van der Waals surface area (Å²) in [5.41, 5.74) is 0. The molecule has 122 valence electrons. The molecule has 4 nitrogen and oxygen atoms in total. The van der Waals surface area contributed by atoms with Crippen LogP contribution in [0.1, 0.15) is 71.6 Å². The number of carbonyl (C=O) groups is 1. The smallest absolute Gasteiger partial charge is 0.241 e. The van der Waals surface area contributed by atoms with Crippen LogP contribution in [0.5, 0.6) is 0 Å². The Kier molecular flexibility index (Phi) is 6.97. The van der Waals surface area contributed by atoms with Gasteiger partial charge in [-0.25, -0.2) is 0 Å². The van der Waals surface area contributed by atoms with E-state index in [9.17, 15) is 4.79 Å². The van der Waals surface area contributed by atoms with E-state index in [-0.39, 0.29) is 12.2 Å². The van der Waals surface area contributed by atoms with Crippen LogP contribution in [0.4, 0.5) is 0 Å². The van der Waals surface area contributed by atoms with Crippen molar-refractivity contribution in [3.05, 3.63) is 0 Å². The number of unbranched alkanes of at least 4 members (excludes halogenated alkanes) is 1. The molecule has 3 atom stereocenters. The molecule has 2 fully saturated rings. The lowest BCUT2D eigenvalue weighted by molar-refractivity contribution is -0.130. The van der Waals surface area contributed by atoms with E-state index in [1.54, 1.807) is 0 Å². The van der Waals surface area contributed by atoms with Crippen molar-refractivity contribution in [3.8, 4) is 0 Å². The van der Waals surface area contributed by atoms with Crippen molar-refractivity contribution in [2.45, 2.75) is 89.9 Å². The van der Waals surface area contributed by atoms with Gasteiger partial charge in [-0.2, -0.15) is 0 Å². The molecule has 2 heterocycles. The largest absolute Gasteiger partial charge is 0.378 e. The molecular weight excluding hydrogens is 264 g/mol. The average molecular weight is 296 g/mol. The molecule has 4 heteroatoms. The van der Waals surface area contributed by atoms with Crippen LogP contribution >= 0.6 is 0 Å². The van der Waals surface area contributed by atoms with Gasteiger partial charge in [0.05, 0.1) is 18.3 Å². The summed E-state index contributed by atoms with van der Waals surface area (Å²) in [5, 5.41) is 3.55. The predicted molar refractivity (Wildman–Crippen MR) is 85.1 cm³/mol. The summed E-state index contributed by atoms with van der Waals surface area (Å²) in [4.78, 5) is 14.7. The van der Waals surface area contributed by atoms with Gasteiger partial charge in [0.25, 0.3) is 0 Å². The Balaban J connectivity index is 1.85. The van der Waals surface area contributed by atoms with E-state index >= 15 is 0 Å². The molecule has 2 saturated heterocycles. The summed E-state index contributed by atoms with van der Waals surface area (Å²) >= 11 is 0. The van der Waals surface area contributed by atoms with Gasteiger partial charge in [-0.3, -0.25) is 10.1 Å². The van der Waals surface area contributed by atoms with Crippen LogP contribution in [0.2, 0.25) is 0 Å². The molecule has 1 N–H and O–H groups in total. The molecule has 0 spiro atoms. The van der Waals surface area contributed by atoms with Crippen molar-refractivity contribution in [2.24, 2.45) is 0 Å². The summed E-state index contributed by atoms with van der Waals surface area (Å²) in [7, 11) is 0. The van der Waals surface area contributed by atoms with E-state index in [0.29, 0.717) is 12.0 Å².